The predicted molar refractivity (Wildman–Crippen MR) is 105 cm³/mol. The zero-order valence-corrected chi connectivity index (χ0v) is 15.3. The van der Waals surface area contributed by atoms with E-state index in [0.717, 1.165) is 5.56 Å². The van der Waals surface area contributed by atoms with Crippen LogP contribution in [0.25, 0.3) is 0 Å². The van der Waals surface area contributed by atoms with Gasteiger partial charge in [-0.25, -0.2) is 0 Å². The fourth-order valence-electron chi connectivity index (χ4n) is 2.29. The Morgan fingerprint density at radius 2 is 1.92 bits per heavy atom. The molecule has 2 aromatic rings. The summed E-state index contributed by atoms with van der Waals surface area (Å²) >= 11 is 5.41. The van der Waals surface area contributed by atoms with Crippen molar-refractivity contribution in [3.63, 3.8) is 0 Å². The van der Waals surface area contributed by atoms with Crippen molar-refractivity contribution < 1.29 is 9.53 Å². The number of methoxy groups -OCH3 is 1. The number of ether oxygens (including phenoxy) is 1. The van der Waals surface area contributed by atoms with Crippen molar-refractivity contribution in [3.05, 3.63) is 60.2 Å². The van der Waals surface area contributed by atoms with E-state index in [9.17, 15) is 4.79 Å². The molecule has 0 heterocycles. The summed E-state index contributed by atoms with van der Waals surface area (Å²) in [5.41, 5.74) is 1.84. The summed E-state index contributed by atoms with van der Waals surface area (Å²) in [4.78, 5) is 14.1. The number of likely N-dealkylation sites (N-methyl/N-ethyl adjacent to an activating group) is 1. The maximum absolute atomic E-state index is 12.3. The lowest BCUT2D eigenvalue weighted by Gasteiger charge is -2.24. The van der Waals surface area contributed by atoms with E-state index in [-0.39, 0.29) is 12.5 Å². The van der Waals surface area contributed by atoms with E-state index in [4.69, 9.17) is 17.0 Å². The van der Waals surface area contributed by atoms with Gasteiger partial charge in [0.2, 0.25) is 5.91 Å². The Kier molecular flexibility index (Phi) is 7.22. The van der Waals surface area contributed by atoms with Crippen LogP contribution in [0, 0.1) is 0 Å². The second-order valence-corrected chi connectivity index (χ2v) is 5.83. The van der Waals surface area contributed by atoms with Crippen LogP contribution in [0.4, 0.5) is 5.69 Å². The maximum Gasteiger partial charge on any atom is 0.243 e. The van der Waals surface area contributed by atoms with Crippen LogP contribution in [0.15, 0.2) is 54.6 Å². The Labute approximate surface area is 154 Å². The third kappa shape index (κ3) is 6.08. The first-order chi connectivity index (χ1) is 12.1. The number of carbonyl (C=O) groups is 1. The Balaban J connectivity index is 1.86. The molecule has 25 heavy (non-hydrogen) atoms. The molecule has 6 heteroatoms. The lowest BCUT2D eigenvalue weighted by Crippen LogP contribution is -2.43. The van der Waals surface area contributed by atoms with Crippen LogP contribution in [-0.2, 0) is 11.3 Å². The largest absolute Gasteiger partial charge is 0.497 e. The standard InChI is InChI=1S/C19H23N3O2S/c1-3-22(19(25)20-13-15-8-5-4-6-9-15)14-18(23)21-16-10-7-11-17(12-16)24-2/h4-12H,3,13-14H2,1-2H3,(H,20,25)(H,21,23). The van der Waals surface area contributed by atoms with Crippen LogP contribution in [0.1, 0.15) is 12.5 Å². The Hall–Kier alpha value is -2.60. The van der Waals surface area contributed by atoms with Gasteiger partial charge in [-0.3, -0.25) is 4.79 Å². The van der Waals surface area contributed by atoms with Gasteiger partial charge in [0.1, 0.15) is 5.75 Å². The molecular weight excluding hydrogens is 334 g/mol. The second kappa shape index (κ2) is 9.64. The number of hydrogen-bond acceptors (Lipinski definition) is 3. The molecule has 0 saturated heterocycles. The van der Waals surface area contributed by atoms with E-state index < -0.39 is 0 Å². The van der Waals surface area contributed by atoms with E-state index in [1.54, 1.807) is 13.2 Å². The van der Waals surface area contributed by atoms with Crippen LogP contribution in [0.2, 0.25) is 0 Å². The van der Waals surface area contributed by atoms with Crippen LogP contribution < -0.4 is 15.4 Å². The first-order valence-corrected chi connectivity index (χ1v) is 8.53. The van der Waals surface area contributed by atoms with Crippen LogP contribution in [0.3, 0.4) is 0 Å². The monoisotopic (exact) mass is 357 g/mol. The SMILES string of the molecule is CCN(CC(=O)Nc1cccc(OC)c1)C(=S)NCc1ccccc1. The second-order valence-electron chi connectivity index (χ2n) is 5.44. The molecule has 0 fully saturated rings. The van der Waals surface area contributed by atoms with Gasteiger partial charge in [-0.15, -0.1) is 0 Å². The summed E-state index contributed by atoms with van der Waals surface area (Å²) < 4.78 is 5.16. The summed E-state index contributed by atoms with van der Waals surface area (Å²) in [6.07, 6.45) is 0. The fraction of sp³-hybridized carbons (Fsp3) is 0.263. The van der Waals surface area contributed by atoms with Gasteiger partial charge in [0.15, 0.2) is 5.11 Å². The maximum atomic E-state index is 12.3. The third-order valence-corrected chi connectivity index (χ3v) is 4.05. The van der Waals surface area contributed by atoms with Gasteiger partial charge < -0.3 is 20.3 Å². The van der Waals surface area contributed by atoms with Crippen molar-refractivity contribution >= 4 is 28.9 Å². The smallest absolute Gasteiger partial charge is 0.243 e. The highest BCUT2D eigenvalue weighted by atomic mass is 32.1. The molecule has 2 rings (SSSR count). The van der Waals surface area contributed by atoms with Crippen molar-refractivity contribution in [1.82, 2.24) is 10.2 Å². The number of carbonyl (C=O) groups excluding carboxylic acids is 1. The Bertz CT molecular complexity index is 707. The molecule has 0 aliphatic rings. The molecule has 132 valence electrons. The van der Waals surface area contributed by atoms with Crippen molar-refractivity contribution in [2.45, 2.75) is 13.5 Å². The topological polar surface area (TPSA) is 53.6 Å². The highest BCUT2D eigenvalue weighted by Crippen LogP contribution is 2.16. The molecule has 0 bridgehead atoms. The highest BCUT2D eigenvalue weighted by molar-refractivity contribution is 7.80. The minimum atomic E-state index is -0.126. The average Bonchev–Trinajstić information content (AvgIpc) is 2.65. The number of nitrogens with zero attached hydrogens (tertiary/aromatic N) is 1. The lowest BCUT2D eigenvalue weighted by molar-refractivity contribution is -0.116. The summed E-state index contributed by atoms with van der Waals surface area (Å²) in [5.74, 6) is 0.573. The van der Waals surface area contributed by atoms with E-state index >= 15 is 0 Å². The first-order valence-electron chi connectivity index (χ1n) is 8.13. The van der Waals surface area contributed by atoms with Crippen molar-refractivity contribution in [2.24, 2.45) is 0 Å². The number of rotatable bonds is 7. The molecule has 2 N–H and O–H groups in total. The Morgan fingerprint density at radius 1 is 1.16 bits per heavy atom. The van der Waals surface area contributed by atoms with Crippen LogP contribution in [0.5, 0.6) is 5.75 Å². The number of anilines is 1. The molecule has 0 saturated carbocycles. The van der Waals surface area contributed by atoms with Gasteiger partial charge in [-0.05, 0) is 36.8 Å². The van der Waals surface area contributed by atoms with E-state index in [1.165, 1.54) is 0 Å². The van der Waals surface area contributed by atoms with E-state index in [2.05, 4.69) is 10.6 Å². The molecule has 5 nitrogen and oxygen atoms in total. The van der Waals surface area contributed by atoms with Gasteiger partial charge >= 0.3 is 0 Å². The summed E-state index contributed by atoms with van der Waals surface area (Å²) in [5, 5.41) is 6.62. The van der Waals surface area contributed by atoms with E-state index in [0.29, 0.717) is 29.6 Å². The lowest BCUT2D eigenvalue weighted by atomic mass is 10.2. The quantitative estimate of drug-likeness (QED) is 0.746. The predicted octanol–water partition coefficient (Wildman–Crippen LogP) is 3.03. The zero-order valence-electron chi connectivity index (χ0n) is 14.5. The molecule has 0 atom stereocenters. The van der Waals surface area contributed by atoms with Gasteiger partial charge in [0, 0.05) is 24.8 Å². The number of benzene rings is 2. The summed E-state index contributed by atoms with van der Waals surface area (Å²) in [6.45, 7) is 3.43. The van der Waals surface area contributed by atoms with Gasteiger partial charge in [0.25, 0.3) is 0 Å². The third-order valence-electron chi connectivity index (χ3n) is 3.64. The number of hydrogen-bond donors (Lipinski definition) is 2. The molecular formula is C19H23N3O2S. The molecule has 0 unspecified atom stereocenters. The number of nitrogens with one attached hydrogen (secondary N) is 2. The van der Waals surface area contributed by atoms with E-state index in [1.807, 2.05) is 60.4 Å². The normalized spacial score (nSPS) is 10.0. The number of thiocarbonyl (C=S) groups is 1. The molecule has 0 spiro atoms. The molecule has 1 amide bonds. The van der Waals surface area contributed by atoms with Crippen molar-refractivity contribution in [2.75, 3.05) is 25.5 Å². The average molecular weight is 357 g/mol. The summed E-state index contributed by atoms with van der Waals surface area (Å²) in [6, 6.07) is 17.3. The van der Waals surface area contributed by atoms with Gasteiger partial charge in [-0.2, -0.15) is 0 Å². The molecule has 0 aliphatic heterocycles. The van der Waals surface area contributed by atoms with Crippen LogP contribution >= 0.6 is 12.2 Å². The minimum Gasteiger partial charge on any atom is -0.497 e. The molecule has 0 aromatic heterocycles. The zero-order chi connectivity index (χ0) is 18.1. The minimum absolute atomic E-state index is 0.126. The molecule has 2 aromatic carbocycles. The summed E-state index contributed by atoms with van der Waals surface area (Å²) in [7, 11) is 1.59. The molecule has 0 aliphatic carbocycles. The fourth-order valence-corrected chi connectivity index (χ4v) is 2.55. The van der Waals surface area contributed by atoms with Crippen molar-refractivity contribution in [1.29, 1.82) is 0 Å². The van der Waals surface area contributed by atoms with Gasteiger partial charge in [0.05, 0.1) is 13.7 Å². The Morgan fingerprint density at radius 3 is 2.60 bits per heavy atom. The van der Waals surface area contributed by atoms with Crippen LogP contribution in [-0.4, -0.2) is 36.1 Å². The van der Waals surface area contributed by atoms with Crippen molar-refractivity contribution in [3.8, 4) is 5.75 Å². The molecule has 0 radical (unpaired) electrons. The number of amides is 1. The highest BCUT2D eigenvalue weighted by Gasteiger charge is 2.12. The first kappa shape index (κ1) is 18.7. The van der Waals surface area contributed by atoms with Gasteiger partial charge in [-0.1, -0.05) is 36.4 Å².